The number of carboxylic acid groups (broad SMARTS) is 2. The van der Waals surface area contributed by atoms with Crippen molar-refractivity contribution in [2.45, 2.75) is 39.5 Å². The number of nitrogens with zero attached hydrogens (tertiary/aromatic N) is 2. The van der Waals surface area contributed by atoms with Gasteiger partial charge in [0, 0.05) is 32.7 Å². The highest BCUT2D eigenvalue weighted by molar-refractivity contribution is 6.27. The van der Waals surface area contributed by atoms with E-state index in [0.29, 0.717) is 6.54 Å². The number of rotatable bonds is 8. The molecule has 8 nitrogen and oxygen atoms in total. The number of hydrogen-bond donors (Lipinski definition) is 3. The van der Waals surface area contributed by atoms with Gasteiger partial charge in [0.05, 0.1) is 0 Å². The summed E-state index contributed by atoms with van der Waals surface area (Å²) in [7, 11) is 0. The average molecular weight is 452 g/mol. The largest absolute Gasteiger partial charge is 0.473 e. The summed E-state index contributed by atoms with van der Waals surface area (Å²) in [5.74, 6) is -3.83. The van der Waals surface area contributed by atoms with Crippen molar-refractivity contribution in [1.82, 2.24) is 15.1 Å². The van der Waals surface area contributed by atoms with Crippen molar-refractivity contribution in [2.75, 3.05) is 39.3 Å². The van der Waals surface area contributed by atoms with Gasteiger partial charge in [-0.25, -0.2) is 18.8 Å². The predicted octanol–water partition coefficient (Wildman–Crippen LogP) is 3.29. The monoisotopic (exact) mass is 451 g/mol. The molecule has 0 aromatic heterocycles. The van der Waals surface area contributed by atoms with Gasteiger partial charge in [0.2, 0.25) is 0 Å². The lowest BCUT2D eigenvalue weighted by Gasteiger charge is -2.34. The first-order chi connectivity index (χ1) is 15.3. The molecule has 1 aromatic carbocycles. The molecule has 0 atom stereocenters. The molecule has 0 bridgehead atoms. The van der Waals surface area contributed by atoms with Crippen molar-refractivity contribution in [3.8, 4) is 0 Å². The van der Waals surface area contributed by atoms with E-state index in [2.05, 4.69) is 23.2 Å². The number of benzene rings is 1. The third-order valence-electron chi connectivity index (χ3n) is 4.99. The summed E-state index contributed by atoms with van der Waals surface area (Å²) < 4.78 is 13.2. The number of allylic oxidation sites excluding steroid dienone is 2. The normalized spacial score (nSPS) is 14.3. The maximum absolute atomic E-state index is 13.2. The van der Waals surface area contributed by atoms with Crippen molar-refractivity contribution in [1.29, 1.82) is 0 Å². The van der Waals surface area contributed by atoms with Gasteiger partial charge in [0.15, 0.2) is 0 Å². The lowest BCUT2D eigenvalue weighted by atomic mass is 9.99. The molecule has 0 radical (unpaired) electrons. The van der Waals surface area contributed by atoms with Crippen LogP contribution in [0.4, 0.5) is 9.18 Å². The van der Waals surface area contributed by atoms with Crippen molar-refractivity contribution < 1.29 is 29.0 Å². The Hall–Kier alpha value is -2.94. The number of carbonyl (C=O) groups is 3. The molecule has 1 saturated heterocycles. The number of unbranched alkanes of at least 4 members (excludes halogenated alkanes) is 1. The lowest BCUT2D eigenvalue weighted by Crippen LogP contribution is -2.51. The van der Waals surface area contributed by atoms with E-state index in [0.717, 1.165) is 64.0 Å². The molecule has 2 amide bonds. The van der Waals surface area contributed by atoms with Gasteiger partial charge in [-0.2, -0.15) is 0 Å². The average Bonchev–Trinajstić information content (AvgIpc) is 2.77. The highest BCUT2D eigenvalue weighted by Gasteiger charge is 2.20. The van der Waals surface area contributed by atoms with Gasteiger partial charge >= 0.3 is 18.0 Å². The molecule has 0 aliphatic carbocycles. The number of nitrogens with one attached hydrogen (secondary N) is 1. The number of hydrogen-bond acceptors (Lipinski definition) is 4. The second-order valence-corrected chi connectivity index (χ2v) is 7.40. The molecule has 1 aliphatic rings. The minimum atomic E-state index is -1.82. The predicted molar refractivity (Wildman–Crippen MR) is 121 cm³/mol. The summed E-state index contributed by atoms with van der Waals surface area (Å²) in [6, 6.07) is 6.88. The van der Waals surface area contributed by atoms with Gasteiger partial charge in [-0.05, 0) is 56.0 Å². The van der Waals surface area contributed by atoms with E-state index in [-0.39, 0.29) is 11.8 Å². The molecule has 1 aromatic rings. The molecule has 3 N–H and O–H groups in total. The number of aliphatic carboxylic acids is 2. The quantitative estimate of drug-likeness (QED) is 0.523. The molecule has 1 heterocycles. The molecule has 0 unspecified atom stereocenters. The summed E-state index contributed by atoms with van der Waals surface area (Å²) in [4.78, 5) is 34.4. The Bertz CT molecular complexity index is 747. The molecule has 178 valence electrons. The van der Waals surface area contributed by atoms with Crippen LogP contribution in [0.25, 0.3) is 5.57 Å². The van der Waals surface area contributed by atoms with Crippen LogP contribution in [-0.2, 0) is 9.59 Å². The van der Waals surface area contributed by atoms with Crippen LogP contribution in [0.5, 0.6) is 0 Å². The molecular formula is C23H34FN3O5. The molecule has 0 saturated carbocycles. The maximum Gasteiger partial charge on any atom is 0.414 e. The number of piperazine rings is 1. The van der Waals surface area contributed by atoms with E-state index >= 15 is 0 Å². The first-order valence-electron chi connectivity index (χ1n) is 10.9. The highest BCUT2D eigenvalue weighted by Crippen LogP contribution is 2.22. The van der Waals surface area contributed by atoms with E-state index in [9.17, 15) is 9.18 Å². The summed E-state index contributed by atoms with van der Waals surface area (Å²) in [6.07, 6.45) is 6.54. The topological polar surface area (TPSA) is 110 Å². The van der Waals surface area contributed by atoms with Gasteiger partial charge in [-0.15, -0.1) is 0 Å². The van der Waals surface area contributed by atoms with Gasteiger partial charge in [0.25, 0.3) is 0 Å². The maximum atomic E-state index is 13.2. The fourth-order valence-corrected chi connectivity index (χ4v) is 3.28. The molecule has 1 fully saturated rings. The van der Waals surface area contributed by atoms with Crippen LogP contribution in [-0.4, -0.2) is 77.3 Å². The number of halogens is 1. The van der Waals surface area contributed by atoms with E-state index in [1.165, 1.54) is 17.7 Å². The zero-order chi connectivity index (χ0) is 23.9. The van der Waals surface area contributed by atoms with Crippen molar-refractivity contribution >= 4 is 23.5 Å². The Kier molecular flexibility index (Phi) is 12.7. The van der Waals surface area contributed by atoms with Crippen LogP contribution in [0, 0.1) is 5.82 Å². The third kappa shape index (κ3) is 10.4. The van der Waals surface area contributed by atoms with Gasteiger partial charge in [-0.3, -0.25) is 4.90 Å². The molecule has 1 aliphatic heterocycles. The van der Waals surface area contributed by atoms with Crippen molar-refractivity contribution in [3.05, 3.63) is 41.7 Å². The van der Waals surface area contributed by atoms with Crippen molar-refractivity contribution in [2.24, 2.45) is 0 Å². The molecular weight excluding hydrogens is 417 g/mol. The Labute approximate surface area is 188 Å². The Morgan fingerprint density at radius 1 is 1.03 bits per heavy atom. The van der Waals surface area contributed by atoms with Gasteiger partial charge in [0.1, 0.15) is 5.82 Å². The molecule has 2 rings (SSSR count). The fraction of sp³-hybridized carbons (Fsp3) is 0.522. The van der Waals surface area contributed by atoms with E-state index < -0.39 is 11.9 Å². The third-order valence-corrected chi connectivity index (χ3v) is 4.99. The van der Waals surface area contributed by atoms with Crippen LogP contribution < -0.4 is 5.32 Å². The second-order valence-electron chi connectivity index (χ2n) is 7.40. The summed E-state index contributed by atoms with van der Waals surface area (Å²) in [5.41, 5.74) is 2.44. The molecule has 9 heteroatoms. The summed E-state index contributed by atoms with van der Waals surface area (Å²) >= 11 is 0. The van der Waals surface area contributed by atoms with Crippen LogP contribution in [0.2, 0.25) is 0 Å². The lowest BCUT2D eigenvalue weighted by molar-refractivity contribution is -0.159. The van der Waals surface area contributed by atoms with E-state index in [4.69, 9.17) is 19.8 Å². The van der Waals surface area contributed by atoms with E-state index in [1.807, 2.05) is 24.0 Å². The smallest absolute Gasteiger partial charge is 0.414 e. The first-order valence-corrected chi connectivity index (χ1v) is 10.9. The fourth-order valence-electron chi connectivity index (χ4n) is 3.28. The van der Waals surface area contributed by atoms with Crippen LogP contribution >= 0.6 is 0 Å². The highest BCUT2D eigenvalue weighted by atomic mass is 19.1. The zero-order valence-electron chi connectivity index (χ0n) is 18.8. The van der Waals surface area contributed by atoms with Crippen LogP contribution in [0.15, 0.2) is 30.3 Å². The second kappa shape index (κ2) is 15.0. The van der Waals surface area contributed by atoms with Crippen molar-refractivity contribution in [3.63, 3.8) is 0 Å². The van der Waals surface area contributed by atoms with E-state index in [1.54, 1.807) is 0 Å². The minimum absolute atomic E-state index is 0.0493. The Balaban J connectivity index is 0.000000751. The number of amides is 2. The molecule has 0 spiro atoms. The first kappa shape index (κ1) is 27.1. The number of carboxylic acids is 2. The Morgan fingerprint density at radius 3 is 2.12 bits per heavy atom. The van der Waals surface area contributed by atoms with Gasteiger partial charge < -0.3 is 20.4 Å². The number of urea groups is 1. The van der Waals surface area contributed by atoms with Crippen LogP contribution in [0.1, 0.15) is 45.1 Å². The summed E-state index contributed by atoms with van der Waals surface area (Å²) in [6.45, 7) is 9.28. The minimum Gasteiger partial charge on any atom is -0.473 e. The van der Waals surface area contributed by atoms with Gasteiger partial charge in [-0.1, -0.05) is 31.6 Å². The van der Waals surface area contributed by atoms with Crippen LogP contribution in [0.3, 0.4) is 0 Å². The summed E-state index contributed by atoms with van der Waals surface area (Å²) in [5, 5.41) is 17.6. The molecule has 32 heavy (non-hydrogen) atoms. The zero-order valence-corrected chi connectivity index (χ0v) is 18.8. The SMILES string of the molecule is CCC/C=C(/CCCN1CCN(C(=O)NCC)CC1)c1ccc(F)cc1.O=C(O)C(=O)O. The number of carbonyl (C=O) groups excluding carboxylic acids is 1. The standard InChI is InChI=1S/C21H32FN3O.C2H2O4/c1-3-5-7-18(19-9-11-20(22)12-10-19)8-6-13-24-14-16-25(17-15-24)21(26)23-4-2;3-1(4)2(5)6/h7,9-12H,3-6,8,13-17H2,1-2H3,(H,23,26);(H,3,4)(H,5,6)/b18-7-;. The Morgan fingerprint density at radius 2 is 1.62 bits per heavy atom.